The van der Waals surface area contributed by atoms with Gasteiger partial charge in [0.25, 0.3) is 0 Å². The van der Waals surface area contributed by atoms with Crippen LogP contribution in [0.1, 0.15) is 32.3 Å². The third-order valence-corrected chi connectivity index (χ3v) is 3.67. The topological polar surface area (TPSA) is 21.3 Å². The first-order valence-electron chi connectivity index (χ1n) is 6.93. The molecule has 0 aromatic heterocycles. The largest absolute Gasteiger partial charge is 0.381 e. The van der Waals surface area contributed by atoms with Gasteiger partial charge in [-0.2, -0.15) is 0 Å². The van der Waals surface area contributed by atoms with Gasteiger partial charge in [-0.1, -0.05) is 43.1 Å². The molecule has 0 amide bonds. The Bertz CT molecular complexity index is 351. The van der Waals surface area contributed by atoms with E-state index >= 15 is 0 Å². The first-order chi connectivity index (χ1) is 9.19. The monoisotopic (exact) mass is 303 g/mol. The standard InChI is InChI=1S/C15H23Cl2NO/c1-3-9-19-10-8-12(18-4-2)11-13-14(16)6-5-7-15(13)17/h5-7,12,18H,3-4,8-11H2,1-2H3. The highest BCUT2D eigenvalue weighted by Crippen LogP contribution is 2.26. The summed E-state index contributed by atoms with van der Waals surface area (Å²) in [6, 6.07) is 6.00. The van der Waals surface area contributed by atoms with Crippen molar-refractivity contribution in [2.75, 3.05) is 19.8 Å². The molecular weight excluding hydrogens is 281 g/mol. The molecule has 0 heterocycles. The summed E-state index contributed by atoms with van der Waals surface area (Å²) in [7, 11) is 0. The van der Waals surface area contributed by atoms with Crippen molar-refractivity contribution < 1.29 is 4.74 Å². The number of hydrogen-bond donors (Lipinski definition) is 1. The molecule has 19 heavy (non-hydrogen) atoms. The van der Waals surface area contributed by atoms with E-state index in [0.717, 1.165) is 54.6 Å². The van der Waals surface area contributed by atoms with Crippen LogP contribution in [0, 0.1) is 0 Å². The lowest BCUT2D eigenvalue weighted by molar-refractivity contribution is 0.124. The van der Waals surface area contributed by atoms with Gasteiger partial charge in [0, 0.05) is 29.3 Å². The maximum atomic E-state index is 6.21. The van der Waals surface area contributed by atoms with Crippen molar-refractivity contribution in [3.05, 3.63) is 33.8 Å². The second-order valence-electron chi connectivity index (χ2n) is 4.56. The number of halogens is 2. The van der Waals surface area contributed by atoms with Gasteiger partial charge in [0.15, 0.2) is 0 Å². The molecular formula is C15H23Cl2NO. The van der Waals surface area contributed by atoms with Crippen molar-refractivity contribution in [1.82, 2.24) is 5.32 Å². The molecule has 0 bridgehead atoms. The van der Waals surface area contributed by atoms with E-state index in [1.54, 1.807) is 0 Å². The van der Waals surface area contributed by atoms with Gasteiger partial charge < -0.3 is 10.1 Å². The summed E-state index contributed by atoms with van der Waals surface area (Å²) in [5, 5.41) is 4.95. The third kappa shape index (κ3) is 6.13. The summed E-state index contributed by atoms with van der Waals surface area (Å²) >= 11 is 12.4. The van der Waals surface area contributed by atoms with E-state index in [0.29, 0.717) is 6.04 Å². The Morgan fingerprint density at radius 2 is 1.84 bits per heavy atom. The zero-order valence-electron chi connectivity index (χ0n) is 11.7. The molecule has 0 fully saturated rings. The van der Waals surface area contributed by atoms with Gasteiger partial charge in [0.05, 0.1) is 0 Å². The molecule has 108 valence electrons. The first kappa shape index (κ1) is 16.8. The fourth-order valence-electron chi connectivity index (χ4n) is 2.01. The van der Waals surface area contributed by atoms with Gasteiger partial charge in [-0.3, -0.25) is 0 Å². The minimum absolute atomic E-state index is 0.347. The zero-order chi connectivity index (χ0) is 14.1. The molecule has 0 aliphatic rings. The smallest absolute Gasteiger partial charge is 0.0480 e. The SMILES string of the molecule is CCCOCCC(Cc1c(Cl)cccc1Cl)NCC. The number of likely N-dealkylation sites (N-methyl/N-ethyl adjacent to an activating group) is 1. The summed E-state index contributed by atoms with van der Waals surface area (Å²) in [6.45, 7) is 6.75. The molecule has 4 heteroatoms. The zero-order valence-corrected chi connectivity index (χ0v) is 13.2. The van der Waals surface area contributed by atoms with Crippen LogP contribution in [0.2, 0.25) is 10.0 Å². The van der Waals surface area contributed by atoms with Gasteiger partial charge >= 0.3 is 0 Å². The highest BCUT2D eigenvalue weighted by atomic mass is 35.5. The second-order valence-corrected chi connectivity index (χ2v) is 5.37. The average molecular weight is 304 g/mol. The van der Waals surface area contributed by atoms with E-state index in [2.05, 4.69) is 19.2 Å². The first-order valence-corrected chi connectivity index (χ1v) is 7.68. The van der Waals surface area contributed by atoms with E-state index in [-0.39, 0.29) is 0 Å². The number of ether oxygens (including phenoxy) is 1. The summed E-state index contributed by atoms with van der Waals surface area (Å²) in [4.78, 5) is 0. The third-order valence-electron chi connectivity index (χ3n) is 2.96. The summed E-state index contributed by atoms with van der Waals surface area (Å²) < 4.78 is 5.55. The summed E-state index contributed by atoms with van der Waals surface area (Å²) in [5.41, 5.74) is 1.02. The Morgan fingerprint density at radius 1 is 1.16 bits per heavy atom. The Kier molecular flexibility index (Phi) is 8.47. The molecule has 0 radical (unpaired) electrons. The molecule has 1 aromatic carbocycles. The van der Waals surface area contributed by atoms with Crippen LogP contribution >= 0.6 is 23.2 Å². The highest BCUT2D eigenvalue weighted by Gasteiger charge is 2.13. The fourth-order valence-corrected chi connectivity index (χ4v) is 2.56. The second kappa shape index (κ2) is 9.60. The molecule has 2 nitrogen and oxygen atoms in total. The number of rotatable bonds is 9. The molecule has 0 saturated carbocycles. The van der Waals surface area contributed by atoms with Crippen molar-refractivity contribution in [3.8, 4) is 0 Å². The van der Waals surface area contributed by atoms with Gasteiger partial charge in [-0.15, -0.1) is 0 Å². The lowest BCUT2D eigenvalue weighted by Crippen LogP contribution is -2.32. The van der Waals surface area contributed by atoms with Crippen LogP contribution in [-0.4, -0.2) is 25.8 Å². The predicted octanol–water partition coefficient (Wildman–Crippen LogP) is 4.33. The van der Waals surface area contributed by atoms with E-state index in [9.17, 15) is 0 Å². The quantitative estimate of drug-likeness (QED) is 0.686. The Balaban J connectivity index is 2.57. The van der Waals surface area contributed by atoms with Crippen molar-refractivity contribution in [1.29, 1.82) is 0 Å². The summed E-state index contributed by atoms with van der Waals surface area (Å²) in [6.07, 6.45) is 2.86. The molecule has 0 spiro atoms. The molecule has 1 unspecified atom stereocenters. The molecule has 1 rings (SSSR count). The average Bonchev–Trinajstić information content (AvgIpc) is 2.39. The molecule has 1 aromatic rings. The van der Waals surface area contributed by atoms with E-state index in [4.69, 9.17) is 27.9 Å². The molecule has 1 atom stereocenters. The van der Waals surface area contributed by atoms with E-state index in [1.165, 1.54) is 0 Å². The Morgan fingerprint density at radius 3 is 2.42 bits per heavy atom. The normalized spacial score (nSPS) is 12.6. The van der Waals surface area contributed by atoms with Gasteiger partial charge in [0.1, 0.15) is 0 Å². The number of benzene rings is 1. The van der Waals surface area contributed by atoms with Crippen LogP contribution < -0.4 is 5.32 Å². The fraction of sp³-hybridized carbons (Fsp3) is 0.600. The molecule has 0 saturated heterocycles. The Hall–Kier alpha value is -0.280. The van der Waals surface area contributed by atoms with Crippen molar-refractivity contribution >= 4 is 23.2 Å². The predicted molar refractivity (Wildman–Crippen MR) is 83.4 cm³/mol. The van der Waals surface area contributed by atoms with Crippen LogP contribution in [0.3, 0.4) is 0 Å². The van der Waals surface area contributed by atoms with Crippen LogP contribution in [0.15, 0.2) is 18.2 Å². The van der Waals surface area contributed by atoms with Gasteiger partial charge in [-0.25, -0.2) is 0 Å². The van der Waals surface area contributed by atoms with Crippen LogP contribution in [0.5, 0.6) is 0 Å². The minimum atomic E-state index is 0.347. The maximum absolute atomic E-state index is 6.21. The Labute approximate surface area is 126 Å². The number of nitrogens with one attached hydrogen (secondary N) is 1. The highest BCUT2D eigenvalue weighted by molar-refractivity contribution is 6.35. The lowest BCUT2D eigenvalue weighted by Gasteiger charge is -2.19. The van der Waals surface area contributed by atoms with Gasteiger partial charge in [0.2, 0.25) is 0 Å². The molecule has 0 aliphatic carbocycles. The number of hydrogen-bond acceptors (Lipinski definition) is 2. The van der Waals surface area contributed by atoms with Crippen LogP contribution in [0.4, 0.5) is 0 Å². The van der Waals surface area contributed by atoms with Crippen LogP contribution in [-0.2, 0) is 11.2 Å². The molecule has 1 N–H and O–H groups in total. The summed E-state index contributed by atoms with van der Waals surface area (Å²) in [5.74, 6) is 0. The van der Waals surface area contributed by atoms with E-state index < -0.39 is 0 Å². The minimum Gasteiger partial charge on any atom is -0.381 e. The van der Waals surface area contributed by atoms with Crippen molar-refractivity contribution in [2.24, 2.45) is 0 Å². The van der Waals surface area contributed by atoms with Gasteiger partial charge in [-0.05, 0) is 43.5 Å². The van der Waals surface area contributed by atoms with Crippen molar-refractivity contribution in [3.63, 3.8) is 0 Å². The lowest BCUT2D eigenvalue weighted by atomic mass is 10.0. The molecule has 0 aliphatic heterocycles. The maximum Gasteiger partial charge on any atom is 0.0480 e. The van der Waals surface area contributed by atoms with E-state index in [1.807, 2.05) is 18.2 Å². The van der Waals surface area contributed by atoms with Crippen LogP contribution in [0.25, 0.3) is 0 Å². The van der Waals surface area contributed by atoms with Crippen molar-refractivity contribution in [2.45, 2.75) is 39.2 Å².